The second-order valence-corrected chi connectivity index (χ2v) is 5.72. The van der Waals surface area contributed by atoms with Crippen LogP contribution in [0.25, 0.3) is 0 Å². The van der Waals surface area contributed by atoms with Crippen molar-refractivity contribution in [3.63, 3.8) is 0 Å². The zero-order chi connectivity index (χ0) is 15.1. The van der Waals surface area contributed by atoms with E-state index >= 15 is 0 Å². The highest BCUT2D eigenvalue weighted by molar-refractivity contribution is 5.21. The molecule has 1 unspecified atom stereocenters. The summed E-state index contributed by atoms with van der Waals surface area (Å²) in [7, 11) is 0. The number of hydrogen-bond donors (Lipinski definition) is 1. The predicted octanol–water partition coefficient (Wildman–Crippen LogP) is 1.99. The number of hydrogen-bond acceptors (Lipinski definition) is 4. The molecule has 2 rings (SSSR count). The Morgan fingerprint density at radius 2 is 1.76 bits per heavy atom. The van der Waals surface area contributed by atoms with E-state index in [1.807, 2.05) is 12.1 Å². The van der Waals surface area contributed by atoms with Gasteiger partial charge >= 0.3 is 0 Å². The largest absolute Gasteiger partial charge is 0.392 e. The Hall–Kier alpha value is -1.41. The second-order valence-electron chi connectivity index (χ2n) is 5.72. The Bertz CT molecular complexity index is 458. The predicted molar refractivity (Wildman–Crippen MR) is 83.5 cm³/mol. The minimum Gasteiger partial charge on any atom is -0.392 e. The molecule has 114 valence electrons. The van der Waals surface area contributed by atoms with Crippen LogP contribution in [0, 0.1) is 11.3 Å². The van der Waals surface area contributed by atoms with Crippen molar-refractivity contribution >= 4 is 0 Å². The molecule has 4 nitrogen and oxygen atoms in total. The first-order valence-electron chi connectivity index (χ1n) is 7.81. The van der Waals surface area contributed by atoms with Gasteiger partial charge in [-0.15, -0.1) is 0 Å². The maximum absolute atomic E-state index is 9.23. The Labute approximate surface area is 127 Å². The van der Waals surface area contributed by atoms with Gasteiger partial charge in [0.2, 0.25) is 0 Å². The maximum atomic E-state index is 9.23. The fraction of sp³-hybridized carbons (Fsp3) is 0.588. The highest BCUT2D eigenvalue weighted by Gasteiger charge is 2.22. The van der Waals surface area contributed by atoms with E-state index in [0.717, 1.165) is 51.1 Å². The maximum Gasteiger partial charge on any atom is 0.0978 e. The van der Waals surface area contributed by atoms with Gasteiger partial charge in [-0.3, -0.25) is 9.80 Å². The molecule has 0 spiro atoms. The molecular formula is C17H25N3O. The second kappa shape index (κ2) is 8.14. The summed E-state index contributed by atoms with van der Waals surface area (Å²) in [5.74, 6) is 0. The quantitative estimate of drug-likeness (QED) is 0.869. The molecule has 1 aromatic rings. The summed E-state index contributed by atoms with van der Waals surface area (Å²) in [5, 5.41) is 18.3. The van der Waals surface area contributed by atoms with Crippen molar-refractivity contribution < 1.29 is 5.11 Å². The van der Waals surface area contributed by atoms with Crippen molar-refractivity contribution in [2.75, 3.05) is 26.2 Å². The van der Waals surface area contributed by atoms with Crippen LogP contribution in [0.5, 0.6) is 0 Å². The van der Waals surface area contributed by atoms with Gasteiger partial charge < -0.3 is 5.11 Å². The normalized spacial score (nSPS) is 18.3. The Kier molecular flexibility index (Phi) is 6.19. The van der Waals surface area contributed by atoms with Crippen molar-refractivity contribution in [3.8, 4) is 6.07 Å². The van der Waals surface area contributed by atoms with E-state index in [0.29, 0.717) is 0 Å². The van der Waals surface area contributed by atoms with Crippen molar-refractivity contribution in [2.45, 2.75) is 39.0 Å². The summed E-state index contributed by atoms with van der Waals surface area (Å²) >= 11 is 0. The summed E-state index contributed by atoms with van der Waals surface area (Å²) in [5.41, 5.74) is 2.24. The molecule has 1 aromatic carbocycles. The molecule has 1 saturated heterocycles. The van der Waals surface area contributed by atoms with E-state index in [-0.39, 0.29) is 12.6 Å². The molecule has 4 heteroatoms. The van der Waals surface area contributed by atoms with Gasteiger partial charge in [0.25, 0.3) is 0 Å². The number of benzene rings is 1. The van der Waals surface area contributed by atoms with Gasteiger partial charge in [0.05, 0.1) is 18.7 Å². The van der Waals surface area contributed by atoms with Crippen LogP contribution in [0.4, 0.5) is 0 Å². The number of nitriles is 1. The standard InChI is InChI=1S/C17H25N3O/c1-2-3-17(12-18)20-10-8-19(9-11-20)13-15-4-6-16(14-21)7-5-15/h4-7,17,21H,2-3,8-11,13-14H2,1H3. The topological polar surface area (TPSA) is 50.5 Å². The highest BCUT2D eigenvalue weighted by Crippen LogP contribution is 2.13. The molecule has 1 fully saturated rings. The molecule has 0 bridgehead atoms. The van der Waals surface area contributed by atoms with Gasteiger partial charge in [-0.1, -0.05) is 37.6 Å². The van der Waals surface area contributed by atoms with Crippen LogP contribution in [0.15, 0.2) is 24.3 Å². The lowest BCUT2D eigenvalue weighted by Gasteiger charge is -2.36. The first-order chi connectivity index (χ1) is 10.3. The lowest BCUT2D eigenvalue weighted by atomic mass is 10.1. The summed E-state index contributed by atoms with van der Waals surface area (Å²) in [6.07, 6.45) is 2.04. The van der Waals surface area contributed by atoms with E-state index in [2.05, 4.69) is 34.9 Å². The molecule has 0 aromatic heterocycles. The van der Waals surface area contributed by atoms with Crippen molar-refractivity contribution in [2.24, 2.45) is 0 Å². The monoisotopic (exact) mass is 287 g/mol. The fourth-order valence-corrected chi connectivity index (χ4v) is 2.84. The third kappa shape index (κ3) is 4.53. The van der Waals surface area contributed by atoms with Crippen molar-refractivity contribution in [1.82, 2.24) is 9.80 Å². The number of piperazine rings is 1. The van der Waals surface area contributed by atoms with Crippen LogP contribution >= 0.6 is 0 Å². The summed E-state index contributed by atoms with van der Waals surface area (Å²) in [4.78, 5) is 4.75. The van der Waals surface area contributed by atoms with Crippen LogP contribution in [0.3, 0.4) is 0 Å². The zero-order valence-electron chi connectivity index (χ0n) is 12.8. The Morgan fingerprint density at radius 3 is 2.29 bits per heavy atom. The van der Waals surface area contributed by atoms with Gasteiger partial charge in [0.1, 0.15) is 0 Å². The van der Waals surface area contributed by atoms with Crippen LogP contribution in [-0.2, 0) is 13.2 Å². The van der Waals surface area contributed by atoms with Crippen molar-refractivity contribution in [1.29, 1.82) is 5.26 Å². The first-order valence-corrected chi connectivity index (χ1v) is 7.81. The van der Waals surface area contributed by atoms with Gasteiger partial charge in [0, 0.05) is 32.7 Å². The summed E-state index contributed by atoms with van der Waals surface area (Å²) < 4.78 is 0. The van der Waals surface area contributed by atoms with E-state index < -0.39 is 0 Å². The average molecular weight is 287 g/mol. The van der Waals surface area contributed by atoms with E-state index in [9.17, 15) is 5.26 Å². The molecule has 0 saturated carbocycles. The third-order valence-electron chi connectivity index (χ3n) is 4.17. The summed E-state index contributed by atoms with van der Waals surface area (Å²) in [6, 6.07) is 10.7. The molecule has 0 amide bonds. The molecule has 0 aliphatic carbocycles. The lowest BCUT2D eigenvalue weighted by Crippen LogP contribution is -2.49. The lowest BCUT2D eigenvalue weighted by molar-refractivity contribution is 0.106. The molecule has 1 N–H and O–H groups in total. The number of aliphatic hydroxyl groups is 1. The van der Waals surface area contributed by atoms with E-state index in [4.69, 9.17) is 5.11 Å². The van der Waals surface area contributed by atoms with E-state index in [1.54, 1.807) is 0 Å². The molecule has 1 heterocycles. The third-order valence-corrected chi connectivity index (χ3v) is 4.17. The minimum atomic E-state index is 0.0842. The first kappa shape index (κ1) is 16.0. The van der Waals surface area contributed by atoms with Crippen LogP contribution in [0.2, 0.25) is 0 Å². The molecule has 21 heavy (non-hydrogen) atoms. The molecule has 1 aliphatic heterocycles. The molecular weight excluding hydrogens is 262 g/mol. The van der Waals surface area contributed by atoms with Crippen molar-refractivity contribution in [3.05, 3.63) is 35.4 Å². The average Bonchev–Trinajstić information content (AvgIpc) is 2.54. The smallest absolute Gasteiger partial charge is 0.0978 e. The minimum absolute atomic E-state index is 0.0842. The van der Waals surface area contributed by atoms with Crippen LogP contribution in [-0.4, -0.2) is 47.1 Å². The van der Waals surface area contributed by atoms with E-state index in [1.165, 1.54) is 5.56 Å². The van der Waals surface area contributed by atoms with Crippen LogP contribution in [0.1, 0.15) is 30.9 Å². The number of aliphatic hydroxyl groups excluding tert-OH is 1. The Morgan fingerprint density at radius 1 is 1.14 bits per heavy atom. The fourth-order valence-electron chi connectivity index (χ4n) is 2.84. The molecule has 1 aliphatic rings. The zero-order valence-corrected chi connectivity index (χ0v) is 12.8. The number of rotatable bonds is 6. The van der Waals surface area contributed by atoms with Gasteiger partial charge in [-0.2, -0.15) is 5.26 Å². The van der Waals surface area contributed by atoms with Gasteiger partial charge in [-0.05, 0) is 17.5 Å². The Balaban J connectivity index is 1.82. The highest BCUT2D eigenvalue weighted by atomic mass is 16.3. The number of nitrogens with zero attached hydrogens (tertiary/aromatic N) is 3. The summed E-state index contributed by atoms with van der Waals surface area (Å²) in [6.45, 7) is 7.18. The van der Waals surface area contributed by atoms with Gasteiger partial charge in [0.15, 0.2) is 0 Å². The molecule has 0 radical (unpaired) electrons. The molecule has 1 atom stereocenters. The van der Waals surface area contributed by atoms with Gasteiger partial charge in [-0.25, -0.2) is 0 Å². The SMILES string of the molecule is CCCC(C#N)N1CCN(Cc2ccc(CO)cc2)CC1. The van der Waals surface area contributed by atoms with Crippen LogP contribution < -0.4 is 0 Å².